The smallest absolute Gasteiger partial charge is 0.0646 e. The number of benzene rings is 5. The van der Waals surface area contributed by atoms with Crippen LogP contribution in [0.5, 0.6) is 0 Å². The van der Waals surface area contributed by atoms with E-state index < -0.39 is 8.07 Å². The van der Waals surface area contributed by atoms with Crippen LogP contribution in [-0.2, 0) is 0 Å². The molecule has 0 amide bonds. The molecule has 157 valence electrons. The van der Waals surface area contributed by atoms with Gasteiger partial charge in [0.05, 0.1) is 33.9 Å². The molecule has 0 unspecified atom stereocenters. The van der Waals surface area contributed by atoms with Gasteiger partial charge >= 0.3 is 0 Å². The summed E-state index contributed by atoms with van der Waals surface area (Å²) in [6, 6.07) is 45.2. The monoisotopic (exact) mass is 549 g/mol. The Hall–Kier alpha value is -3.15. The molecule has 1 aliphatic rings. The summed E-state index contributed by atoms with van der Waals surface area (Å²) in [4.78, 5) is 0. The van der Waals surface area contributed by atoms with Crippen molar-refractivity contribution in [2.75, 3.05) is 0 Å². The fourth-order valence-electron chi connectivity index (χ4n) is 5.95. The third kappa shape index (κ3) is 2.46. The van der Waals surface area contributed by atoms with Crippen LogP contribution in [0, 0.1) is 0 Å². The van der Waals surface area contributed by atoms with Gasteiger partial charge in [0.25, 0.3) is 0 Å². The minimum Gasteiger partial charge on any atom is -0.282 e. The Bertz CT molecular complexity index is 1630. The van der Waals surface area contributed by atoms with Gasteiger partial charge in [-0.25, -0.2) is 0 Å². The molecule has 0 atom stereocenters. The summed E-state index contributed by atoms with van der Waals surface area (Å²) < 4.78 is 2.33. The summed E-state index contributed by atoms with van der Waals surface area (Å²) in [6.07, 6.45) is 0. The van der Waals surface area contributed by atoms with E-state index in [1.807, 2.05) is 0 Å². The summed E-state index contributed by atoms with van der Waals surface area (Å²) in [5.41, 5.74) is 5.36. The average molecular weight is 549 g/mol. The summed E-state index contributed by atoms with van der Waals surface area (Å²) in [5.74, 6) is 0. The number of nitrogens with zero attached hydrogens (tertiary/aromatic N) is 1. The molecular weight excluding hydrogens is 529 g/mol. The van der Waals surface area contributed by atoms with Crippen molar-refractivity contribution >= 4 is 73.5 Å². The molecule has 0 N–H and O–H groups in total. The molecule has 6 aromatic rings. The number of aromatic nitrogens is 1. The van der Waals surface area contributed by atoms with Gasteiger partial charge in [0.2, 0.25) is 0 Å². The molecule has 1 aromatic heterocycles. The lowest BCUT2D eigenvalue weighted by atomic mass is 10.0. The van der Waals surface area contributed by atoms with Gasteiger partial charge < -0.3 is 0 Å². The van der Waals surface area contributed by atoms with Crippen LogP contribution in [-0.4, -0.2) is 10.9 Å². The lowest BCUT2D eigenvalue weighted by molar-refractivity contribution is 1.50. The summed E-state index contributed by atoms with van der Waals surface area (Å²) in [5, 5.41) is 8.67. The predicted octanol–water partition coefficient (Wildman–Crippen LogP) is 5.35. The highest BCUT2D eigenvalue weighted by Crippen LogP contribution is 2.37. The maximum atomic E-state index is 2.47. The minimum absolute atomic E-state index is 1.28. The van der Waals surface area contributed by atoms with Crippen molar-refractivity contribution in [2.24, 2.45) is 0 Å². The fourth-order valence-corrected chi connectivity index (χ4v) is 12.2. The van der Waals surface area contributed by atoms with Gasteiger partial charge in [-0.2, -0.15) is 20.7 Å². The molecule has 0 fully saturated rings. The lowest BCUT2D eigenvalue weighted by Gasteiger charge is -2.44. The van der Waals surface area contributed by atoms with E-state index in [0.717, 1.165) is 0 Å². The van der Waals surface area contributed by atoms with Crippen molar-refractivity contribution in [3.63, 3.8) is 0 Å². The second-order valence-corrected chi connectivity index (χ2v) is 13.4. The zero-order chi connectivity index (χ0) is 22.0. The molecule has 2 heterocycles. The summed E-state index contributed by atoms with van der Waals surface area (Å²) in [7, 11) is -2.51. The van der Waals surface area contributed by atoms with Crippen LogP contribution in [0.3, 0.4) is 0 Å². The van der Waals surface area contributed by atoms with Crippen LogP contribution in [0.1, 0.15) is 0 Å². The normalized spacial score (nSPS) is 13.8. The Balaban J connectivity index is 1.79. The molecule has 0 radical (unpaired) electrons. The second-order valence-electron chi connectivity index (χ2n) is 8.71. The predicted molar refractivity (Wildman–Crippen MR) is 151 cm³/mol. The first-order valence-electron chi connectivity index (χ1n) is 11.3. The van der Waals surface area contributed by atoms with Crippen molar-refractivity contribution in [3.05, 3.63) is 121 Å². The van der Waals surface area contributed by atoms with Gasteiger partial charge in [-0.15, -0.1) is 0 Å². The Kier molecular flexibility index (Phi) is 4.20. The Labute approximate surface area is 207 Å². The van der Waals surface area contributed by atoms with E-state index in [0.29, 0.717) is 0 Å². The number of hydrogen-bond donors (Lipinski definition) is 0. The molecular formula is C30H20INSi-. The van der Waals surface area contributed by atoms with Crippen molar-refractivity contribution < 1.29 is 0 Å². The van der Waals surface area contributed by atoms with E-state index in [-0.39, 0.29) is 0 Å². The maximum absolute atomic E-state index is 2.51. The highest BCUT2D eigenvalue weighted by atomic mass is 127. The van der Waals surface area contributed by atoms with Gasteiger partial charge in [0.1, 0.15) is 0 Å². The van der Waals surface area contributed by atoms with E-state index in [4.69, 9.17) is 0 Å². The van der Waals surface area contributed by atoms with Gasteiger partial charge in [-0.1, -0.05) is 120 Å². The molecule has 1 aliphatic heterocycles. The number of fused-ring (bicyclic) bond motifs is 7. The number of halogens is 1. The summed E-state index contributed by atoms with van der Waals surface area (Å²) in [6.45, 7) is 0. The fraction of sp³-hybridized carbons (Fsp3) is 0. The van der Waals surface area contributed by atoms with E-state index in [1.165, 1.54) is 53.7 Å². The number of rotatable bonds is 2. The van der Waals surface area contributed by atoms with Gasteiger partial charge in [-0.05, 0) is 25.6 Å². The van der Waals surface area contributed by atoms with E-state index in [2.05, 4.69) is 147 Å². The first kappa shape index (κ1) is 19.3. The van der Waals surface area contributed by atoms with Crippen LogP contribution in [0.15, 0.2) is 121 Å². The molecule has 0 aliphatic carbocycles. The Morgan fingerprint density at radius 1 is 0.515 bits per heavy atom. The van der Waals surface area contributed by atoms with Gasteiger partial charge in [0, 0.05) is 5.39 Å². The third-order valence-electron chi connectivity index (χ3n) is 7.19. The number of para-hydroxylation sites is 1. The van der Waals surface area contributed by atoms with Crippen LogP contribution in [0.25, 0.3) is 32.9 Å². The molecule has 0 spiro atoms. The molecule has 0 saturated heterocycles. The highest BCUT2D eigenvalue weighted by Gasteiger charge is 2.38. The highest BCUT2D eigenvalue weighted by molar-refractivity contribution is 14.1. The number of hydrogen-bond acceptors (Lipinski definition) is 0. The molecule has 0 bridgehead atoms. The van der Waals surface area contributed by atoms with Crippen molar-refractivity contribution in [1.82, 2.24) is 2.78 Å². The van der Waals surface area contributed by atoms with Crippen molar-refractivity contribution in [1.29, 1.82) is 0 Å². The topological polar surface area (TPSA) is 4.93 Å². The van der Waals surface area contributed by atoms with Gasteiger partial charge in [0.15, 0.2) is 0 Å². The van der Waals surface area contributed by atoms with E-state index in [1.54, 1.807) is 0 Å². The lowest BCUT2D eigenvalue weighted by Crippen LogP contribution is -2.72. The largest absolute Gasteiger partial charge is 0.282 e. The zero-order valence-electron chi connectivity index (χ0n) is 17.9. The molecule has 1 nitrogen and oxygen atoms in total. The molecule has 3 heteroatoms. The van der Waals surface area contributed by atoms with Crippen molar-refractivity contribution in [2.45, 2.75) is 0 Å². The molecule has 0 saturated carbocycles. The minimum atomic E-state index is -2.51. The maximum Gasteiger partial charge on any atom is 0.0646 e. The van der Waals surface area contributed by atoms with E-state index >= 15 is 0 Å². The zero-order valence-corrected chi connectivity index (χ0v) is 21.0. The average Bonchev–Trinajstić information content (AvgIpc) is 3.36. The quantitative estimate of drug-likeness (QED) is 0.203. The third-order valence-corrected chi connectivity index (χ3v) is 13.1. The molecule has 7 rings (SSSR count). The molecule has 33 heavy (non-hydrogen) atoms. The Morgan fingerprint density at radius 3 is 1.85 bits per heavy atom. The van der Waals surface area contributed by atoms with Gasteiger partial charge in [-0.3, -0.25) is 2.78 Å². The first-order chi connectivity index (χ1) is 16.3. The summed E-state index contributed by atoms with van der Waals surface area (Å²) >= 11 is 2.47. The SMILES string of the molecule is In1c2ccccc2c2c3c(ccc21)-c1ccccc1[Si-]3(c1ccccc1)c1ccccc1. The van der Waals surface area contributed by atoms with Crippen molar-refractivity contribution in [3.8, 4) is 11.1 Å². The second kappa shape index (κ2) is 7.17. The first-order valence-corrected chi connectivity index (χ1v) is 14.2. The Morgan fingerprint density at radius 2 is 1.12 bits per heavy atom. The van der Waals surface area contributed by atoms with Crippen LogP contribution in [0.4, 0.5) is 0 Å². The van der Waals surface area contributed by atoms with Crippen LogP contribution in [0.2, 0.25) is 0 Å². The van der Waals surface area contributed by atoms with E-state index in [9.17, 15) is 0 Å². The standard InChI is InChI=1S/C30H20INSi/c31-32-26-17-9-7-16-25(26)29-27(32)20-19-24-23-15-8-10-18-28(23)33(30(24)29,21-11-3-1-4-12-21)22-13-5-2-6-14-22/h1-20H/q-1. The van der Waals surface area contributed by atoms with Crippen LogP contribution < -0.4 is 20.7 Å². The molecule has 5 aromatic carbocycles. The van der Waals surface area contributed by atoms with Crippen LogP contribution >= 0.6 is 22.9 Å².